The molecule has 1 unspecified atom stereocenters. The Morgan fingerprint density at radius 1 is 1.64 bits per heavy atom. The third-order valence-corrected chi connectivity index (χ3v) is 1.97. The highest BCUT2D eigenvalue weighted by Crippen LogP contribution is 2.21. The van der Waals surface area contributed by atoms with Crippen molar-refractivity contribution in [2.24, 2.45) is 17.4 Å². The van der Waals surface area contributed by atoms with Gasteiger partial charge in [0.15, 0.2) is 0 Å². The minimum atomic E-state index is 0.143. The molecule has 2 atom stereocenters. The molecule has 0 radical (unpaired) electrons. The van der Waals surface area contributed by atoms with Crippen LogP contribution in [0.5, 0.6) is 0 Å². The largest absolute Gasteiger partial charge is 0.399 e. The summed E-state index contributed by atoms with van der Waals surface area (Å²) in [4.78, 5) is 0. The Balaban J connectivity index is 2.76. The van der Waals surface area contributed by atoms with Crippen LogP contribution in [0.15, 0.2) is 23.4 Å². The normalized spacial score (nSPS) is 27.4. The molecule has 0 aromatic heterocycles. The molecule has 0 saturated carbocycles. The topological polar surface area (TPSA) is 52.0 Å². The predicted octanol–water partition coefficient (Wildman–Crippen LogP) is 1.14. The molecule has 4 N–H and O–H groups in total. The summed E-state index contributed by atoms with van der Waals surface area (Å²) in [6.07, 6.45) is 5.12. The van der Waals surface area contributed by atoms with Crippen molar-refractivity contribution in [2.45, 2.75) is 26.3 Å². The maximum absolute atomic E-state index is 5.74. The second kappa shape index (κ2) is 3.09. The first-order valence-corrected chi connectivity index (χ1v) is 4.03. The summed E-state index contributed by atoms with van der Waals surface area (Å²) in [7, 11) is 0. The summed E-state index contributed by atoms with van der Waals surface area (Å²) >= 11 is 0. The van der Waals surface area contributed by atoms with Crippen LogP contribution in [0, 0.1) is 5.92 Å². The van der Waals surface area contributed by atoms with E-state index < -0.39 is 0 Å². The molecule has 0 saturated heterocycles. The highest BCUT2D eigenvalue weighted by molar-refractivity contribution is 5.28. The highest BCUT2D eigenvalue weighted by Gasteiger charge is 2.12. The maximum Gasteiger partial charge on any atom is 0.0276 e. The Labute approximate surface area is 68.0 Å². The van der Waals surface area contributed by atoms with Crippen molar-refractivity contribution in [3.05, 3.63) is 23.4 Å². The van der Waals surface area contributed by atoms with Gasteiger partial charge in [-0.15, -0.1) is 0 Å². The Morgan fingerprint density at radius 3 is 2.73 bits per heavy atom. The van der Waals surface area contributed by atoms with Gasteiger partial charge in [-0.05, 0) is 25.3 Å². The van der Waals surface area contributed by atoms with Crippen molar-refractivity contribution in [2.75, 3.05) is 0 Å². The van der Waals surface area contributed by atoms with Crippen LogP contribution in [0.1, 0.15) is 20.3 Å². The molecule has 0 fully saturated rings. The van der Waals surface area contributed by atoms with E-state index in [0.717, 1.165) is 12.1 Å². The Bertz CT molecular complexity index is 202. The smallest absolute Gasteiger partial charge is 0.0276 e. The predicted molar refractivity (Wildman–Crippen MR) is 47.8 cm³/mol. The van der Waals surface area contributed by atoms with Crippen molar-refractivity contribution in [1.82, 2.24) is 0 Å². The van der Waals surface area contributed by atoms with Crippen molar-refractivity contribution >= 4 is 0 Å². The fourth-order valence-corrected chi connectivity index (χ4v) is 1.40. The molecule has 0 bridgehead atoms. The summed E-state index contributed by atoms with van der Waals surface area (Å²) in [6.45, 7) is 4.15. The van der Waals surface area contributed by atoms with E-state index in [1.165, 1.54) is 5.57 Å². The zero-order valence-electron chi connectivity index (χ0n) is 7.17. The van der Waals surface area contributed by atoms with Crippen LogP contribution < -0.4 is 11.5 Å². The first-order valence-electron chi connectivity index (χ1n) is 4.03. The molecule has 0 heterocycles. The summed E-state index contributed by atoms with van der Waals surface area (Å²) in [6, 6.07) is 0.143. The van der Waals surface area contributed by atoms with Crippen molar-refractivity contribution in [3.63, 3.8) is 0 Å². The quantitative estimate of drug-likeness (QED) is 0.592. The van der Waals surface area contributed by atoms with E-state index in [1.807, 2.05) is 13.0 Å². The third kappa shape index (κ3) is 2.09. The Morgan fingerprint density at radius 2 is 2.27 bits per heavy atom. The Hall–Kier alpha value is -0.760. The van der Waals surface area contributed by atoms with E-state index >= 15 is 0 Å². The zero-order valence-corrected chi connectivity index (χ0v) is 7.17. The summed E-state index contributed by atoms with van der Waals surface area (Å²) < 4.78 is 0. The van der Waals surface area contributed by atoms with E-state index in [-0.39, 0.29) is 6.04 Å². The van der Waals surface area contributed by atoms with E-state index in [0.29, 0.717) is 5.92 Å². The van der Waals surface area contributed by atoms with Crippen molar-refractivity contribution in [3.8, 4) is 0 Å². The molecule has 1 aliphatic carbocycles. The van der Waals surface area contributed by atoms with Crippen molar-refractivity contribution < 1.29 is 0 Å². The van der Waals surface area contributed by atoms with Gasteiger partial charge in [0, 0.05) is 11.7 Å². The lowest BCUT2D eigenvalue weighted by molar-refractivity contribution is 0.650. The van der Waals surface area contributed by atoms with Gasteiger partial charge >= 0.3 is 0 Å². The average Bonchev–Trinajstić information content (AvgIpc) is 1.85. The van der Waals surface area contributed by atoms with Gasteiger partial charge in [-0.2, -0.15) is 0 Å². The molecule has 11 heavy (non-hydrogen) atoms. The van der Waals surface area contributed by atoms with Gasteiger partial charge in [-0.1, -0.05) is 18.6 Å². The van der Waals surface area contributed by atoms with Crippen LogP contribution in [0.3, 0.4) is 0 Å². The van der Waals surface area contributed by atoms with Gasteiger partial charge in [0.05, 0.1) is 0 Å². The number of nitrogens with two attached hydrogens (primary N) is 2. The monoisotopic (exact) mass is 152 g/mol. The van der Waals surface area contributed by atoms with Crippen molar-refractivity contribution in [1.29, 1.82) is 0 Å². The Kier molecular flexibility index (Phi) is 2.35. The molecule has 2 nitrogen and oxygen atoms in total. The lowest BCUT2D eigenvalue weighted by Crippen LogP contribution is -2.22. The van der Waals surface area contributed by atoms with Crippen LogP contribution in [0.2, 0.25) is 0 Å². The molecule has 0 amide bonds. The van der Waals surface area contributed by atoms with Gasteiger partial charge in [0.1, 0.15) is 0 Å². The van der Waals surface area contributed by atoms with E-state index in [1.54, 1.807) is 0 Å². The third-order valence-electron chi connectivity index (χ3n) is 1.97. The molecule has 2 heteroatoms. The maximum atomic E-state index is 5.74. The molecule has 0 aromatic rings. The number of rotatable bonds is 1. The molecular weight excluding hydrogens is 136 g/mol. The molecule has 0 spiro atoms. The zero-order chi connectivity index (χ0) is 8.43. The first kappa shape index (κ1) is 8.34. The molecular formula is C9H16N2. The minimum absolute atomic E-state index is 0.143. The van der Waals surface area contributed by atoms with Gasteiger partial charge in [-0.3, -0.25) is 0 Å². The van der Waals surface area contributed by atoms with E-state index in [4.69, 9.17) is 11.5 Å². The summed E-state index contributed by atoms with van der Waals surface area (Å²) in [5.41, 5.74) is 13.5. The SMILES string of the molecule is CC1C=C(N)C=C([C@@H](C)N)C1. The molecule has 1 aliphatic rings. The van der Waals surface area contributed by atoms with Gasteiger partial charge in [0.25, 0.3) is 0 Å². The minimum Gasteiger partial charge on any atom is -0.399 e. The summed E-state index contributed by atoms with van der Waals surface area (Å²) in [5.74, 6) is 0.543. The highest BCUT2D eigenvalue weighted by atomic mass is 14.6. The fourth-order valence-electron chi connectivity index (χ4n) is 1.40. The van der Waals surface area contributed by atoms with Crippen LogP contribution in [-0.4, -0.2) is 6.04 Å². The lowest BCUT2D eigenvalue weighted by Gasteiger charge is -2.19. The number of hydrogen-bond donors (Lipinski definition) is 2. The van der Waals surface area contributed by atoms with Gasteiger partial charge in [0.2, 0.25) is 0 Å². The standard InChI is InChI=1S/C9H16N2/c1-6-3-8(7(2)10)5-9(11)4-6/h4-7H,3,10-11H2,1-2H3/t6?,7-/m1/s1. The molecule has 62 valence electrons. The van der Waals surface area contributed by atoms with E-state index in [9.17, 15) is 0 Å². The van der Waals surface area contributed by atoms with Gasteiger partial charge in [-0.25, -0.2) is 0 Å². The van der Waals surface area contributed by atoms with Crippen LogP contribution >= 0.6 is 0 Å². The average molecular weight is 152 g/mol. The van der Waals surface area contributed by atoms with Crippen LogP contribution in [-0.2, 0) is 0 Å². The lowest BCUT2D eigenvalue weighted by atomic mass is 9.91. The molecule has 0 aliphatic heterocycles. The van der Waals surface area contributed by atoms with Gasteiger partial charge < -0.3 is 11.5 Å². The number of allylic oxidation sites excluding steroid dienone is 2. The summed E-state index contributed by atoms with van der Waals surface area (Å²) in [5, 5.41) is 0. The second-order valence-electron chi connectivity index (χ2n) is 3.36. The second-order valence-corrected chi connectivity index (χ2v) is 3.36. The number of hydrogen-bond acceptors (Lipinski definition) is 2. The molecule has 1 rings (SSSR count). The fraction of sp³-hybridized carbons (Fsp3) is 0.556. The van der Waals surface area contributed by atoms with Crippen LogP contribution in [0.25, 0.3) is 0 Å². The van der Waals surface area contributed by atoms with Crippen LogP contribution in [0.4, 0.5) is 0 Å². The first-order chi connectivity index (χ1) is 5.09. The van der Waals surface area contributed by atoms with E-state index in [2.05, 4.69) is 13.0 Å². The molecule has 0 aromatic carbocycles.